The van der Waals surface area contributed by atoms with Gasteiger partial charge in [0.05, 0.1) is 5.71 Å². The van der Waals surface area contributed by atoms with E-state index >= 15 is 4.39 Å². The number of piperidine rings is 2. The first-order valence-electron chi connectivity index (χ1n) is 11.6. The summed E-state index contributed by atoms with van der Waals surface area (Å²) in [6.07, 6.45) is 3.72. The quantitative estimate of drug-likeness (QED) is 0.611. The molecule has 182 valence electrons. The summed E-state index contributed by atoms with van der Waals surface area (Å²) in [6.45, 7) is 2.66. The molecule has 1 spiro atoms. The number of aromatic nitrogens is 1. The van der Waals surface area contributed by atoms with Crippen LogP contribution < -0.4 is 4.74 Å². The van der Waals surface area contributed by atoms with Crippen molar-refractivity contribution in [1.82, 2.24) is 14.2 Å². The molecule has 2 fully saturated rings. The molecule has 0 atom stereocenters. The second-order valence-electron chi connectivity index (χ2n) is 9.34. The summed E-state index contributed by atoms with van der Waals surface area (Å²) >= 11 is 1.45. The van der Waals surface area contributed by atoms with Gasteiger partial charge >= 0.3 is 0 Å². The Kier molecular flexibility index (Phi) is 6.28. The van der Waals surface area contributed by atoms with Crippen molar-refractivity contribution in [3.8, 4) is 5.75 Å². The third-order valence-corrected chi connectivity index (χ3v) is 7.86. The second-order valence-corrected chi connectivity index (χ2v) is 10.3. The molecule has 5 rings (SSSR count). The molecule has 1 amide bonds. The minimum atomic E-state index is -1.82. The predicted octanol–water partition coefficient (Wildman–Crippen LogP) is 3.78. The van der Waals surface area contributed by atoms with Crippen molar-refractivity contribution in [1.29, 1.82) is 0 Å². The smallest absolute Gasteiger partial charge is 0.260 e. The number of carbonyl (C=O) groups is 1. The van der Waals surface area contributed by atoms with Gasteiger partial charge < -0.3 is 14.5 Å². The van der Waals surface area contributed by atoms with E-state index in [4.69, 9.17) is 9.57 Å². The minimum Gasteiger partial charge on any atom is -0.486 e. The van der Waals surface area contributed by atoms with Gasteiger partial charge in [0.1, 0.15) is 24.3 Å². The highest BCUT2D eigenvalue weighted by Gasteiger charge is 2.48. The van der Waals surface area contributed by atoms with Gasteiger partial charge in [0, 0.05) is 81.5 Å². The molecule has 0 bridgehead atoms. The monoisotopic (exact) mass is 490 g/mol. The molecule has 1 aromatic heterocycles. The molecular formula is C24H28F2N4O3S. The minimum absolute atomic E-state index is 0.201. The Morgan fingerprint density at radius 3 is 2.65 bits per heavy atom. The Bertz CT molecular complexity index is 1060. The van der Waals surface area contributed by atoms with E-state index in [1.54, 1.807) is 17.2 Å². The molecule has 2 aromatic rings. The van der Waals surface area contributed by atoms with Gasteiger partial charge in [-0.25, -0.2) is 13.2 Å². The van der Waals surface area contributed by atoms with E-state index in [-0.39, 0.29) is 18.7 Å². The Morgan fingerprint density at radius 2 is 1.97 bits per heavy atom. The van der Waals surface area contributed by atoms with E-state index in [0.29, 0.717) is 62.5 Å². The van der Waals surface area contributed by atoms with Crippen LogP contribution in [0.4, 0.5) is 8.78 Å². The number of benzene rings is 1. The van der Waals surface area contributed by atoms with Crippen molar-refractivity contribution in [3.05, 3.63) is 46.7 Å². The molecule has 0 aliphatic carbocycles. The number of halogens is 2. The summed E-state index contributed by atoms with van der Waals surface area (Å²) in [7, 11) is 1.46. The van der Waals surface area contributed by atoms with Crippen LogP contribution in [0.15, 0.2) is 35.6 Å². The highest BCUT2D eigenvalue weighted by Crippen LogP contribution is 2.41. The third-order valence-electron chi connectivity index (χ3n) is 7.13. The topological polar surface area (TPSA) is 67.3 Å². The molecule has 4 heterocycles. The molecule has 0 unspecified atom stereocenters. The largest absolute Gasteiger partial charge is 0.486 e. The van der Waals surface area contributed by atoms with Crippen LogP contribution in [0, 0.1) is 5.82 Å². The molecule has 3 aliphatic rings. The predicted molar refractivity (Wildman–Crippen MR) is 124 cm³/mol. The van der Waals surface area contributed by atoms with E-state index in [2.05, 4.69) is 14.4 Å². The summed E-state index contributed by atoms with van der Waals surface area (Å²) in [5, 5.41) is 4.11. The number of rotatable bonds is 4. The number of likely N-dealkylation sites (tertiary alicyclic amines) is 2. The first-order chi connectivity index (χ1) is 16.4. The zero-order chi connectivity index (χ0) is 23.8. The normalized spacial score (nSPS) is 22.9. The van der Waals surface area contributed by atoms with Crippen molar-refractivity contribution >= 4 is 23.2 Å². The number of oxime groups is 1. The van der Waals surface area contributed by atoms with Crippen LogP contribution in [0.3, 0.4) is 0 Å². The molecule has 0 saturated carbocycles. The number of hydrogen-bond acceptors (Lipinski definition) is 7. The van der Waals surface area contributed by atoms with Gasteiger partial charge in [-0.3, -0.25) is 9.69 Å². The van der Waals surface area contributed by atoms with Gasteiger partial charge in [0.2, 0.25) is 0 Å². The molecule has 0 radical (unpaired) electrons. The number of nitrogens with zero attached hydrogens (tertiary/aromatic N) is 4. The maximum atomic E-state index is 15.7. The van der Waals surface area contributed by atoms with Crippen LogP contribution in [-0.4, -0.2) is 70.4 Å². The van der Waals surface area contributed by atoms with Crippen LogP contribution in [0.2, 0.25) is 0 Å². The first-order valence-corrected chi connectivity index (χ1v) is 12.4. The first kappa shape index (κ1) is 23.2. The van der Waals surface area contributed by atoms with Gasteiger partial charge in [-0.05, 0) is 35.8 Å². The lowest BCUT2D eigenvalue weighted by atomic mass is 9.81. The van der Waals surface area contributed by atoms with Gasteiger partial charge in [-0.1, -0.05) is 5.16 Å². The molecule has 34 heavy (non-hydrogen) atoms. The lowest BCUT2D eigenvalue weighted by molar-refractivity contribution is -0.151. The maximum Gasteiger partial charge on any atom is 0.260 e. The van der Waals surface area contributed by atoms with Crippen LogP contribution in [0.25, 0.3) is 0 Å². The Balaban J connectivity index is 1.21. The van der Waals surface area contributed by atoms with Crippen LogP contribution in [0.5, 0.6) is 5.75 Å². The molecular weight excluding hydrogens is 462 g/mol. The Morgan fingerprint density at radius 1 is 1.21 bits per heavy atom. The highest BCUT2D eigenvalue weighted by molar-refractivity contribution is 7.05. The van der Waals surface area contributed by atoms with Gasteiger partial charge in [-0.2, -0.15) is 0 Å². The van der Waals surface area contributed by atoms with Crippen molar-refractivity contribution < 1.29 is 23.1 Å². The molecule has 1 aromatic carbocycles. The number of alkyl halides is 1. The number of hydrogen-bond donors (Lipinski definition) is 0. The standard InChI is InChI=1S/C24H28F2N4O3S/c1-32-28-20-15-23(33-21-3-2-17(25)14-19(20)21)5-12-30(13-6-23)22(31)24(26)7-10-29(11-8-24)16-18-4-9-27-34-18/h2-4,9,14H,5-8,10-13,15-16H2,1H3/b28-20+. The van der Waals surface area contributed by atoms with E-state index in [9.17, 15) is 9.18 Å². The Labute approximate surface area is 201 Å². The van der Waals surface area contributed by atoms with Crippen molar-refractivity contribution in [3.63, 3.8) is 0 Å². The van der Waals surface area contributed by atoms with E-state index in [1.165, 1.54) is 30.8 Å². The summed E-state index contributed by atoms with van der Waals surface area (Å²) in [5.41, 5.74) is -1.19. The second kappa shape index (κ2) is 9.22. The van der Waals surface area contributed by atoms with Crippen molar-refractivity contribution in [2.24, 2.45) is 5.16 Å². The van der Waals surface area contributed by atoms with E-state index < -0.39 is 17.2 Å². The summed E-state index contributed by atoms with van der Waals surface area (Å²) < 4.78 is 39.9. The number of fused-ring (bicyclic) bond motifs is 1. The average molecular weight is 491 g/mol. The maximum absolute atomic E-state index is 15.7. The zero-order valence-corrected chi connectivity index (χ0v) is 20.0. The molecule has 7 nitrogen and oxygen atoms in total. The van der Waals surface area contributed by atoms with Gasteiger partial charge in [-0.15, -0.1) is 0 Å². The zero-order valence-electron chi connectivity index (χ0n) is 19.1. The highest BCUT2D eigenvalue weighted by atomic mass is 32.1. The molecule has 0 N–H and O–H groups in total. The summed E-state index contributed by atoms with van der Waals surface area (Å²) in [4.78, 5) is 23.1. The van der Waals surface area contributed by atoms with E-state index in [0.717, 1.165) is 11.4 Å². The van der Waals surface area contributed by atoms with Crippen LogP contribution in [0.1, 0.15) is 42.5 Å². The Hall–Kier alpha value is -2.59. The average Bonchev–Trinajstić information content (AvgIpc) is 3.35. The number of carbonyl (C=O) groups excluding carboxylic acids is 1. The fourth-order valence-electron chi connectivity index (χ4n) is 5.18. The molecule has 3 aliphatic heterocycles. The fourth-order valence-corrected chi connectivity index (χ4v) is 5.80. The van der Waals surface area contributed by atoms with Crippen LogP contribution >= 0.6 is 11.5 Å². The van der Waals surface area contributed by atoms with Crippen molar-refractivity contribution in [2.45, 2.75) is 49.9 Å². The van der Waals surface area contributed by atoms with Crippen molar-refractivity contribution in [2.75, 3.05) is 33.3 Å². The van der Waals surface area contributed by atoms with Gasteiger partial charge in [0.25, 0.3) is 5.91 Å². The summed E-state index contributed by atoms with van der Waals surface area (Å²) in [5.74, 6) is -0.226. The molecule has 2 saturated heterocycles. The third kappa shape index (κ3) is 4.53. The SMILES string of the molecule is CO/N=C1\CC2(CCN(C(=O)C3(F)CCN(Cc4ccns4)CC3)CC2)Oc2ccc(F)cc21. The van der Waals surface area contributed by atoms with Gasteiger partial charge in [0.15, 0.2) is 5.67 Å². The number of amides is 1. The molecule has 10 heteroatoms. The number of ether oxygens (including phenoxy) is 1. The van der Waals surface area contributed by atoms with E-state index in [1.807, 2.05) is 6.07 Å². The summed E-state index contributed by atoms with van der Waals surface area (Å²) in [6, 6.07) is 6.33. The lowest BCUT2D eigenvalue weighted by Gasteiger charge is -2.46. The fraction of sp³-hybridized carbons (Fsp3) is 0.542. The van der Waals surface area contributed by atoms with Crippen LogP contribution in [-0.2, 0) is 16.2 Å². The lowest BCUT2D eigenvalue weighted by Crippen LogP contribution is -2.57.